The van der Waals surface area contributed by atoms with E-state index in [2.05, 4.69) is 46.8 Å². The molecular formula is C21H23IN4. The second-order valence-corrected chi connectivity index (χ2v) is 5.82. The van der Waals surface area contributed by atoms with E-state index >= 15 is 0 Å². The van der Waals surface area contributed by atoms with E-state index in [1.165, 1.54) is 11.1 Å². The summed E-state index contributed by atoms with van der Waals surface area (Å²) in [5.74, 6) is 0.734. The number of aromatic nitrogens is 1. The minimum atomic E-state index is 0. The molecule has 0 radical (unpaired) electrons. The Hall–Kier alpha value is -2.41. The highest BCUT2D eigenvalue weighted by molar-refractivity contribution is 14.0. The molecule has 0 saturated heterocycles. The molecule has 134 valence electrons. The van der Waals surface area contributed by atoms with Gasteiger partial charge < -0.3 is 10.6 Å². The van der Waals surface area contributed by atoms with Crippen molar-refractivity contribution in [3.8, 4) is 0 Å². The Labute approximate surface area is 171 Å². The zero-order chi connectivity index (χ0) is 17.3. The van der Waals surface area contributed by atoms with Crippen LogP contribution in [0.4, 0.5) is 5.69 Å². The molecule has 26 heavy (non-hydrogen) atoms. The number of anilines is 1. The highest BCUT2D eigenvalue weighted by atomic mass is 127. The van der Waals surface area contributed by atoms with Crippen molar-refractivity contribution in [1.29, 1.82) is 0 Å². The van der Waals surface area contributed by atoms with Gasteiger partial charge in [0.25, 0.3) is 0 Å². The molecule has 0 fully saturated rings. The number of nitrogens with zero attached hydrogens (tertiary/aromatic N) is 2. The van der Waals surface area contributed by atoms with Crippen LogP contribution in [0.2, 0.25) is 0 Å². The monoisotopic (exact) mass is 458 g/mol. The van der Waals surface area contributed by atoms with Crippen molar-refractivity contribution in [1.82, 2.24) is 10.3 Å². The van der Waals surface area contributed by atoms with Crippen LogP contribution in [0.3, 0.4) is 0 Å². The van der Waals surface area contributed by atoms with Crippen LogP contribution >= 0.6 is 24.0 Å². The molecule has 0 spiro atoms. The predicted molar refractivity (Wildman–Crippen MR) is 119 cm³/mol. The molecule has 0 bridgehead atoms. The molecule has 3 rings (SSSR count). The standard InChI is InChI=1S/C21H22N4.HI/c1-17-10-12-18(13-11-17)15-23-21(25-19-7-3-2-4-8-19)24-16-20-9-5-6-14-22-20;/h2-14H,15-16H2,1H3,(H2,23,24,25);1H. The van der Waals surface area contributed by atoms with Crippen molar-refractivity contribution >= 4 is 35.6 Å². The minimum absolute atomic E-state index is 0. The molecule has 3 aromatic rings. The summed E-state index contributed by atoms with van der Waals surface area (Å²) in [6, 6.07) is 24.4. The number of guanidine groups is 1. The first-order valence-electron chi connectivity index (χ1n) is 8.35. The predicted octanol–water partition coefficient (Wildman–Crippen LogP) is 4.77. The van der Waals surface area contributed by atoms with E-state index in [1.54, 1.807) is 6.20 Å². The topological polar surface area (TPSA) is 49.3 Å². The molecule has 0 unspecified atom stereocenters. The quantitative estimate of drug-likeness (QED) is 0.329. The maximum atomic E-state index is 4.70. The lowest BCUT2D eigenvalue weighted by Gasteiger charge is -2.12. The Balaban J connectivity index is 0.00000243. The zero-order valence-corrected chi connectivity index (χ0v) is 17.1. The normalized spacial score (nSPS) is 10.7. The SMILES string of the molecule is Cc1ccc(CN=C(NCc2ccccn2)Nc2ccccc2)cc1.I. The van der Waals surface area contributed by atoms with Crippen molar-refractivity contribution in [3.63, 3.8) is 0 Å². The van der Waals surface area contributed by atoms with Crippen molar-refractivity contribution in [2.75, 3.05) is 5.32 Å². The number of benzene rings is 2. The molecule has 0 aliphatic heterocycles. The number of aryl methyl sites for hydroxylation is 1. The second kappa shape index (κ2) is 10.6. The van der Waals surface area contributed by atoms with Gasteiger partial charge in [0.15, 0.2) is 5.96 Å². The van der Waals surface area contributed by atoms with Gasteiger partial charge >= 0.3 is 0 Å². The minimum Gasteiger partial charge on any atom is -0.350 e. The first kappa shape index (κ1) is 19.9. The third kappa shape index (κ3) is 6.48. The molecule has 0 aliphatic rings. The summed E-state index contributed by atoms with van der Waals surface area (Å²) < 4.78 is 0. The first-order valence-corrected chi connectivity index (χ1v) is 8.35. The Bertz CT molecular complexity index is 802. The smallest absolute Gasteiger partial charge is 0.196 e. The number of halogens is 1. The fraction of sp³-hybridized carbons (Fsp3) is 0.143. The van der Waals surface area contributed by atoms with E-state index in [0.29, 0.717) is 13.1 Å². The summed E-state index contributed by atoms with van der Waals surface area (Å²) in [4.78, 5) is 9.04. The van der Waals surface area contributed by atoms with Crippen LogP contribution in [0, 0.1) is 6.92 Å². The molecule has 0 atom stereocenters. The average molecular weight is 458 g/mol. The van der Waals surface area contributed by atoms with Gasteiger partial charge in [-0.1, -0.05) is 54.1 Å². The number of para-hydroxylation sites is 1. The molecule has 0 amide bonds. The number of aliphatic imine (C=N–C) groups is 1. The molecule has 0 saturated carbocycles. The molecule has 1 aromatic heterocycles. The van der Waals surface area contributed by atoms with E-state index in [-0.39, 0.29) is 24.0 Å². The molecular weight excluding hydrogens is 435 g/mol. The van der Waals surface area contributed by atoms with Gasteiger partial charge in [0.1, 0.15) is 0 Å². The second-order valence-electron chi connectivity index (χ2n) is 5.82. The lowest BCUT2D eigenvalue weighted by molar-refractivity contribution is 0.859. The molecule has 5 heteroatoms. The Morgan fingerprint density at radius 1 is 0.923 bits per heavy atom. The van der Waals surface area contributed by atoms with Gasteiger partial charge in [-0.3, -0.25) is 4.98 Å². The van der Waals surface area contributed by atoms with Crippen LogP contribution in [-0.2, 0) is 13.1 Å². The van der Waals surface area contributed by atoms with Crippen LogP contribution < -0.4 is 10.6 Å². The van der Waals surface area contributed by atoms with E-state index in [9.17, 15) is 0 Å². The van der Waals surface area contributed by atoms with Crippen molar-refractivity contribution in [3.05, 3.63) is 95.8 Å². The largest absolute Gasteiger partial charge is 0.350 e. The van der Waals surface area contributed by atoms with Gasteiger partial charge in [0, 0.05) is 11.9 Å². The molecule has 4 nitrogen and oxygen atoms in total. The summed E-state index contributed by atoms with van der Waals surface area (Å²) >= 11 is 0. The lowest BCUT2D eigenvalue weighted by atomic mass is 10.1. The van der Waals surface area contributed by atoms with Crippen LogP contribution in [0.1, 0.15) is 16.8 Å². The third-order valence-corrected chi connectivity index (χ3v) is 3.74. The zero-order valence-electron chi connectivity index (χ0n) is 14.7. The van der Waals surface area contributed by atoms with Gasteiger partial charge in [-0.05, 0) is 36.8 Å². The van der Waals surface area contributed by atoms with Crippen LogP contribution in [0.15, 0.2) is 84.0 Å². The number of nitrogens with one attached hydrogen (secondary N) is 2. The molecule has 2 aromatic carbocycles. The average Bonchev–Trinajstić information content (AvgIpc) is 2.67. The maximum Gasteiger partial charge on any atom is 0.196 e. The Morgan fingerprint density at radius 2 is 1.65 bits per heavy atom. The number of hydrogen-bond donors (Lipinski definition) is 2. The van der Waals surface area contributed by atoms with Crippen LogP contribution in [0.5, 0.6) is 0 Å². The Morgan fingerprint density at radius 3 is 2.35 bits per heavy atom. The van der Waals surface area contributed by atoms with Gasteiger partial charge in [-0.2, -0.15) is 0 Å². The molecule has 2 N–H and O–H groups in total. The van der Waals surface area contributed by atoms with Crippen molar-refractivity contribution in [2.24, 2.45) is 4.99 Å². The summed E-state index contributed by atoms with van der Waals surface area (Å²) in [6.07, 6.45) is 1.80. The molecule has 0 aliphatic carbocycles. The fourth-order valence-electron chi connectivity index (χ4n) is 2.34. The third-order valence-electron chi connectivity index (χ3n) is 3.74. The van der Waals surface area contributed by atoms with Crippen LogP contribution in [0.25, 0.3) is 0 Å². The molecule has 1 heterocycles. The maximum absolute atomic E-state index is 4.70. The summed E-state index contributed by atoms with van der Waals surface area (Å²) in [5, 5.41) is 6.68. The van der Waals surface area contributed by atoms with Crippen molar-refractivity contribution in [2.45, 2.75) is 20.0 Å². The number of rotatable bonds is 5. The summed E-state index contributed by atoms with van der Waals surface area (Å²) in [5.41, 5.74) is 4.40. The Kier molecular flexibility index (Phi) is 8.08. The van der Waals surface area contributed by atoms with Gasteiger partial charge in [0.2, 0.25) is 0 Å². The highest BCUT2D eigenvalue weighted by Crippen LogP contribution is 2.07. The van der Waals surface area contributed by atoms with Gasteiger partial charge in [-0.15, -0.1) is 24.0 Å². The van der Waals surface area contributed by atoms with Gasteiger partial charge in [-0.25, -0.2) is 4.99 Å². The van der Waals surface area contributed by atoms with E-state index in [4.69, 9.17) is 4.99 Å². The lowest BCUT2D eigenvalue weighted by Crippen LogP contribution is -2.30. The van der Waals surface area contributed by atoms with E-state index in [0.717, 1.165) is 17.3 Å². The first-order chi connectivity index (χ1) is 12.3. The number of hydrogen-bond acceptors (Lipinski definition) is 2. The van der Waals surface area contributed by atoms with E-state index < -0.39 is 0 Å². The number of pyridine rings is 1. The van der Waals surface area contributed by atoms with Crippen LogP contribution in [-0.4, -0.2) is 10.9 Å². The summed E-state index contributed by atoms with van der Waals surface area (Å²) in [7, 11) is 0. The highest BCUT2D eigenvalue weighted by Gasteiger charge is 2.01. The van der Waals surface area contributed by atoms with Crippen molar-refractivity contribution < 1.29 is 0 Å². The summed E-state index contributed by atoms with van der Waals surface area (Å²) in [6.45, 7) is 3.32. The van der Waals surface area contributed by atoms with Gasteiger partial charge in [0.05, 0.1) is 18.8 Å². The fourth-order valence-corrected chi connectivity index (χ4v) is 2.34. The van der Waals surface area contributed by atoms with E-state index in [1.807, 2.05) is 48.5 Å².